The molecule has 0 aromatic heterocycles. The first-order chi connectivity index (χ1) is 7.27. The third-order valence-electron chi connectivity index (χ3n) is 2.44. The van der Waals surface area contributed by atoms with Crippen molar-refractivity contribution in [1.82, 2.24) is 0 Å². The number of rotatable bonds is 6. The van der Waals surface area contributed by atoms with Crippen molar-refractivity contribution in [1.29, 1.82) is 0 Å². The minimum atomic E-state index is 0.0346. The van der Waals surface area contributed by atoms with Gasteiger partial charge in [-0.25, -0.2) is 0 Å². The van der Waals surface area contributed by atoms with E-state index in [1.54, 1.807) is 7.11 Å². The van der Waals surface area contributed by atoms with E-state index in [0.717, 1.165) is 5.69 Å². The van der Waals surface area contributed by atoms with Crippen molar-refractivity contribution in [2.45, 2.75) is 13.0 Å². The van der Waals surface area contributed by atoms with Crippen molar-refractivity contribution < 1.29 is 9.84 Å². The number of aliphatic hydroxyl groups is 1. The summed E-state index contributed by atoms with van der Waals surface area (Å²) in [7, 11) is 1.67. The summed E-state index contributed by atoms with van der Waals surface area (Å²) in [4.78, 5) is 0. The first-order valence-corrected chi connectivity index (χ1v) is 5.19. The van der Waals surface area contributed by atoms with Gasteiger partial charge in [-0.15, -0.1) is 0 Å². The second-order valence-electron chi connectivity index (χ2n) is 3.73. The minimum Gasteiger partial charge on any atom is -0.394 e. The van der Waals surface area contributed by atoms with Gasteiger partial charge in [0.2, 0.25) is 0 Å². The first kappa shape index (κ1) is 12.0. The van der Waals surface area contributed by atoms with Gasteiger partial charge in [0.15, 0.2) is 0 Å². The van der Waals surface area contributed by atoms with E-state index in [4.69, 9.17) is 4.74 Å². The van der Waals surface area contributed by atoms with E-state index in [0.29, 0.717) is 6.61 Å². The van der Waals surface area contributed by atoms with Crippen LogP contribution in [0.15, 0.2) is 30.3 Å². The Morgan fingerprint density at radius 1 is 1.33 bits per heavy atom. The molecule has 0 heterocycles. The Morgan fingerprint density at radius 3 is 2.53 bits per heavy atom. The molecule has 3 nitrogen and oxygen atoms in total. The summed E-state index contributed by atoms with van der Waals surface area (Å²) >= 11 is 0. The molecule has 1 rings (SSSR count). The zero-order valence-corrected chi connectivity index (χ0v) is 9.31. The lowest BCUT2D eigenvalue weighted by Crippen LogP contribution is -2.33. The highest BCUT2D eigenvalue weighted by atomic mass is 16.5. The number of ether oxygens (including phenoxy) is 1. The summed E-state index contributed by atoms with van der Waals surface area (Å²) in [6.45, 7) is 2.81. The fourth-order valence-corrected chi connectivity index (χ4v) is 1.50. The largest absolute Gasteiger partial charge is 0.394 e. The normalized spacial score (nSPS) is 14.6. The van der Waals surface area contributed by atoms with Gasteiger partial charge in [0.25, 0.3) is 0 Å². The van der Waals surface area contributed by atoms with E-state index >= 15 is 0 Å². The lowest BCUT2D eigenvalue weighted by Gasteiger charge is -2.23. The lowest BCUT2D eigenvalue weighted by molar-refractivity contribution is 0.132. The zero-order chi connectivity index (χ0) is 11.1. The molecule has 0 bridgehead atoms. The number of aliphatic hydroxyl groups excluding tert-OH is 1. The summed E-state index contributed by atoms with van der Waals surface area (Å²) in [6.07, 6.45) is 0. The Morgan fingerprint density at radius 2 is 2.00 bits per heavy atom. The number of nitrogens with one attached hydrogen (secondary N) is 1. The molecule has 2 atom stereocenters. The highest BCUT2D eigenvalue weighted by molar-refractivity contribution is 5.43. The Labute approximate surface area is 91.1 Å². The van der Waals surface area contributed by atoms with Crippen LogP contribution in [0.25, 0.3) is 0 Å². The van der Waals surface area contributed by atoms with E-state index < -0.39 is 0 Å². The number of para-hydroxylation sites is 1. The number of hydrogen-bond acceptors (Lipinski definition) is 3. The smallest absolute Gasteiger partial charge is 0.0636 e. The SMILES string of the molecule is COCC(C)C(CO)Nc1ccccc1. The molecule has 0 spiro atoms. The molecule has 0 amide bonds. The quantitative estimate of drug-likeness (QED) is 0.750. The molecule has 0 saturated heterocycles. The number of anilines is 1. The van der Waals surface area contributed by atoms with Crippen LogP contribution in [-0.2, 0) is 4.74 Å². The predicted octanol–water partition coefficient (Wildman–Crippen LogP) is 1.74. The zero-order valence-electron chi connectivity index (χ0n) is 9.31. The molecule has 3 heteroatoms. The fraction of sp³-hybridized carbons (Fsp3) is 0.500. The van der Waals surface area contributed by atoms with Crippen LogP contribution in [0.5, 0.6) is 0 Å². The van der Waals surface area contributed by atoms with Crippen LogP contribution in [0.2, 0.25) is 0 Å². The van der Waals surface area contributed by atoms with Crippen LogP contribution in [-0.4, -0.2) is 31.5 Å². The predicted molar refractivity (Wildman–Crippen MR) is 62.0 cm³/mol. The summed E-state index contributed by atoms with van der Waals surface area (Å²) in [5, 5.41) is 12.5. The number of benzene rings is 1. The Kier molecular flexibility index (Phi) is 5.15. The molecule has 0 aliphatic rings. The summed E-state index contributed by atoms with van der Waals surface area (Å²) < 4.78 is 5.07. The molecule has 15 heavy (non-hydrogen) atoms. The molecule has 0 saturated carbocycles. The van der Waals surface area contributed by atoms with Crippen LogP contribution < -0.4 is 5.32 Å². The molecular formula is C12H19NO2. The van der Waals surface area contributed by atoms with Crippen molar-refractivity contribution in [3.63, 3.8) is 0 Å². The minimum absolute atomic E-state index is 0.0346. The van der Waals surface area contributed by atoms with Crippen LogP contribution in [0.4, 0.5) is 5.69 Å². The van der Waals surface area contributed by atoms with E-state index in [-0.39, 0.29) is 18.6 Å². The lowest BCUT2D eigenvalue weighted by atomic mass is 10.0. The molecular weight excluding hydrogens is 190 g/mol. The van der Waals surface area contributed by atoms with Gasteiger partial charge in [-0.2, -0.15) is 0 Å². The van der Waals surface area contributed by atoms with Crippen molar-refractivity contribution in [2.24, 2.45) is 5.92 Å². The molecule has 2 N–H and O–H groups in total. The highest BCUT2D eigenvalue weighted by Gasteiger charge is 2.15. The van der Waals surface area contributed by atoms with Crippen LogP contribution in [0.1, 0.15) is 6.92 Å². The van der Waals surface area contributed by atoms with Crippen LogP contribution in [0, 0.1) is 5.92 Å². The fourth-order valence-electron chi connectivity index (χ4n) is 1.50. The maximum Gasteiger partial charge on any atom is 0.0636 e. The monoisotopic (exact) mass is 209 g/mol. The van der Waals surface area contributed by atoms with E-state index in [2.05, 4.69) is 12.2 Å². The summed E-state index contributed by atoms with van der Waals surface area (Å²) in [5.41, 5.74) is 1.03. The molecule has 0 fully saturated rings. The summed E-state index contributed by atoms with van der Waals surface area (Å²) in [5.74, 6) is 0.278. The molecule has 1 aromatic rings. The van der Waals surface area contributed by atoms with Gasteiger partial charge in [-0.05, 0) is 12.1 Å². The van der Waals surface area contributed by atoms with Crippen molar-refractivity contribution in [2.75, 3.05) is 25.6 Å². The van der Waals surface area contributed by atoms with Gasteiger partial charge in [0.05, 0.1) is 19.3 Å². The second kappa shape index (κ2) is 6.43. The molecule has 1 aromatic carbocycles. The number of methoxy groups -OCH3 is 1. The topological polar surface area (TPSA) is 41.5 Å². The first-order valence-electron chi connectivity index (χ1n) is 5.19. The van der Waals surface area contributed by atoms with Gasteiger partial charge in [-0.1, -0.05) is 25.1 Å². The summed E-state index contributed by atoms with van der Waals surface area (Å²) in [6, 6.07) is 9.92. The van der Waals surface area contributed by atoms with Crippen LogP contribution >= 0.6 is 0 Å². The molecule has 0 aliphatic carbocycles. The van der Waals surface area contributed by atoms with E-state index in [1.807, 2.05) is 30.3 Å². The van der Waals surface area contributed by atoms with Gasteiger partial charge >= 0.3 is 0 Å². The second-order valence-corrected chi connectivity index (χ2v) is 3.73. The van der Waals surface area contributed by atoms with Crippen molar-refractivity contribution in [3.05, 3.63) is 30.3 Å². The third kappa shape index (κ3) is 3.90. The Balaban J connectivity index is 2.53. The van der Waals surface area contributed by atoms with Gasteiger partial charge in [-0.3, -0.25) is 0 Å². The maximum absolute atomic E-state index is 9.27. The Bertz CT molecular complexity index is 264. The third-order valence-corrected chi connectivity index (χ3v) is 2.44. The molecule has 0 aliphatic heterocycles. The van der Waals surface area contributed by atoms with Crippen molar-refractivity contribution >= 4 is 5.69 Å². The number of hydrogen-bond donors (Lipinski definition) is 2. The maximum atomic E-state index is 9.27. The average Bonchev–Trinajstić information content (AvgIpc) is 2.27. The van der Waals surface area contributed by atoms with Crippen LogP contribution in [0.3, 0.4) is 0 Å². The van der Waals surface area contributed by atoms with Gasteiger partial charge in [0, 0.05) is 18.7 Å². The van der Waals surface area contributed by atoms with E-state index in [9.17, 15) is 5.11 Å². The standard InChI is InChI=1S/C12H19NO2/c1-10(9-15-2)12(8-14)13-11-6-4-3-5-7-11/h3-7,10,12-14H,8-9H2,1-2H3. The molecule has 2 unspecified atom stereocenters. The Hall–Kier alpha value is -1.06. The molecule has 0 radical (unpaired) electrons. The van der Waals surface area contributed by atoms with Gasteiger partial charge < -0.3 is 15.2 Å². The highest BCUT2D eigenvalue weighted by Crippen LogP contribution is 2.12. The average molecular weight is 209 g/mol. The van der Waals surface area contributed by atoms with Crippen molar-refractivity contribution in [3.8, 4) is 0 Å². The van der Waals surface area contributed by atoms with Gasteiger partial charge in [0.1, 0.15) is 0 Å². The van der Waals surface area contributed by atoms with E-state index in [1.165, 1.54) is 0 Å². The molecule has 84 valence electrons.